The van der Waals surface area contributed by atoms with E-state index in [9.17, 15) is 9.18 Å². The maximum absolute atomic E-state index is 13.4. The van der Waals surface area contributed by atoms with Gasteiger partial charge in [-0.25, -0.2) is 9.18 Å². The van der Waals surface area contributed by atoms with E-state index in [0.29, 0.717) is 6.54 Å². The van der Waals surface area contributed by atoms with Gasteiger partial charge in [-0.15, -0.1) is 0 Å². The van der Waals surface area contributed by atoms with Gasteiger partial charge in [-0.1, -0.05) is 0 Å². The number of anilines is 2. The molecule has 0 aromatic heterocycles. The van der Waals surface area contributed by atoms with Crippen LogP contribution in [0.1, 0.15) is 10.4 Å². The first-order chi connectivity index (χ1) is 7.56. The Morgan fingerprint density at radius 3 is 2.88 bits per heavy atom. The predicted octanol–water partition coefficient (Wildman–Crippen LogP) is 1.88. The molecule has 0 amide bonds. The molecule has 4 nitrogen and oxygen atoms in total. The Bertz CT molecular complexity index is 399. The SMILES string of the molecule is CSCCNc1cc(C(=O)O)c(N)cc1F. The number of thioether (sulfide) groups is 1. The summed E-state index contributed by atoms with van der Waals surface area (Å²) in [6.45, 7) is 0.570. The van der Waals surface area contributed by atoms with Crippen LogP contribution in [0.25, 0.3) is 0 Å². The van der Waals surface area contributed by atoms with Crippen molar-refractivity contribution in [2.24, 2.45) is 0 Å². The summed E-state index contributed by atoms with van der Waals surface area (Å²) in [5, 5.41) is 11.6. The van der Waals surface area contributed by atoms with Crippen molar-refractivity contribution in [3.05, 3.63) is 23.5 Å². The van der Waals surface area contributed by atoms with Crippen molar-refractivity contribution in [1.82, 2.24) is 0 Å². The van der Waals surface area contributed by atoms with Gasteiger partial charge in [0.2, 0.25) is 0 Å². The van der Waals surface area contributed by atoms with Crippen molar-refractivity contribution in [2.75, 3.05) is 29.6 Å². The zero-order valence-electron chi connectivity index (χ0n) is 8.79. The van der Waals surface area contributed by atoms with Gasteiger partial charge in [0, 0.05) is 18.0 Å². The lowest BCUT2D eigenvalue weighted by Crippen LogP contribution is -2.09. The highest BCUT2D eigenvalue weighted by molar-refractivity contribution is 7.98. The molecule has 0 aliphatic heterocycles. The Hall–Kier alpha value is -1.43. The Balaban J connectivity index is 2.91. The van der Waals surface area contributed by atoms with Gasteiger partial charge in [0.25, 0.3) is 0 Å². The minimum Gasteiger partial charge on any atom is -0.478 e. The molecule has 0 radical (unpaired) electrons. The highest BCUT2D eigenvalue weighted by atomic mass is 32.2. The van der Waals surface area contributed by atoms with E-state index >= 15 is 0 Å². The smallest absolute Gasteiger partial charge is 0.337 e. The van der Waals surface area contributed by atoms with Crippen molar-refractivity contribution in [3.8, 4) is 0 Å². The molecule has 4 N–H and O–H groups in total. The molecular weight excluding hydrogens is 231 g/mol. The molecule has 6 heteroatoms. The van der Waals surface area contributed by atoms with Crippen LogP contribution in [0, 0.1) is 5.82 Å². The number of rotatable bonds is 5. The number of carbonyl (C=O) groups is 1. The Morgan fingerprint density at radius 1 is 1.62 bits per heavy atom. The third kappa shape index (κ3) is 3.03. The number of halogens is 1. The number of benzene rings is 1. The quantitative estimate of drug-likeness (QED) is 0.544. The van der Waals surface area contributed by atoms with Gasteiger partial charge in [0.05, 0.1) is 11.3 Å². The van der Waals surface area contributed by atoms with E-state index in [-0.39, 0.29) is 16.9 Å². The zero-order chi connectivity index (χ0) is 12.1. The predicted molar refractivity (Wildman–Crippen MR) is 64.6 cm³/mol. The summed E-state index contributed by atoms with van der Waals surface area (Å²) in [6.07, 6.45) is 1.93. The fourth-order valence-electron chi connectivity index (χ4n) is 1.20. The summed E-state index contributed by atoms with van der Waals surface area (Å²) >= 11 is 1.61. The monoisotopic (exact) mass is 244 g/mol. The van der Waals surface area contributed by atoms with Crippen molar-refractivity contribution >= 4 is 29.1 Å². The molecule has 0 aliphatic carbocycles. The van der Waals surface area contributed by atoms with E-state index in [0.717, 1.165) is 11.8 Å². The zero-order valence-corrected chi connectivity index (χ0v) is 9.60. The summed E-state index contributed by atoms with van der Waals surface area (Å²) in [5.41, 5.74) is 5.40. The summed E-state index contributed by atoms with van der Waals surface area (Å²) in [6, 6.07) is 2.23. The minimum absolute atomic E-state index is 0.0691. The van der Waals surface area contributed by atoms with Crippen LogP contribution in [-0.4, -0.2) is 29.6 Å². The molecule has 0 atom stereocenters. The van der Waals surface area contributed by atoms with Crippen LogP contribution in [0.4, 0.5) is 15.8 Å². The number of nitrogens with one attached hydrogen (secondary N) is 1. The van der Waals surface area contributed by atoms with Crippen LogP contribution < -0.4 is 11.1 Å². The number of carboxylic acids is 1. The Labute approximate surface area is 97.0 Å². The van der Waals surface area contributed by atoms with Crippen molar-refractivity contribution in [2.45, 2.75) is 0 Å². The number of nitrogen functional groups attached to an aromatic ring is 1. The first kappa shape index (κ1) is 12.6. The van der Waals surface area contributed by atoms with E-state index in [1.165, 1.54) is 6.07 Å². The highest BCUT2D eigenvalue weighted by Crippen LogP contribution is 2.22. The molecule has 0 saturated carbocycles. The van der Waals surface area contributed by atoms with Gasteiger partial charge in [-0.3, -0.25) is 0 Å². The molecule has 0 spiro atoms. The van der Waals surface area contributed by atoms with Crippen LogP contribution in [0.5, 0.6) is 0 Å². The Morgan fingerprint density at radius 2 is 2.31 bits per heavy atom. The second-order valence-corrected chi connectivity index (χ2v) is 4.13. The van der Waals surface area contributed by atoms with Crippen LogP contribution in [-0.2, 0) is 0 Å². The number of carboxylic acid groups (broad SMARTS) is 1. The molecular formula is C10H13FN2O2S. The van der Waals surface area contributed by atoms with Gasteiger partial charge >= 0.3 is 5.97 Å². The molecule has 0 heterocycles. The summed E-state index contributed by atoms with van der Waals surface area (Å²) < 4.78 is 13.4. The molecule has 88 valence electrons. The lowest BCUT2D eigenvalue weighted by Gasteiger charge is -2.09. The third-order valence-electron chi connectivity index (χ3n) is 1.99. The lowest BCUT2D eigenvalue weighted by molar-refractivity contribution is 0.0698. The van der Waals surface area contributed by atoms with Gasteiger partial charge in [-0.05, 0) is 18.4 Å². The molecule has 0 fully saturated rings. The van der Waals surface area contributed by atoms with Gasteiger partial charge in [0.1, 0.15) is 5.82 Å². The van der Waals surface area contributed by atoms with Gasteiger partial charge < -0.3 is 16.2 Å². The maximum atomic E-state index is 13.4. The van der Waals surface area contributed by atoms with Crippen LogP contribution in [0.3, 0.4) is 0 Å². The van der Waals surface area contributed by atoms with Crippen molar-refractivity contribution < 1.29 is 14.3 Å². The second kappa shape index (κ2) is 5.60. The van der Waals surface area contributed by atoms with Crippen LogP contribution in [0.15, 0.2) is 12.1 Å². The van der Waals surface area contributed by atoms with Gasteiger partial charge in [0.15, 0.2) is 0 Å². The lowest BCUT2D eigenvalue weighted by atomic mass is 10.1. The van der Waals surface area contributed by atoms with E-state index in [2.05, 4.69) is 5.32 Å². The van der Waals surface area contributed by atoms with E-state index in [4.69, 9.17) is 10.8 Å². The van der Waals surface area contributed by atoms with E-state index in [1.54, 1.807) is 11.8 Å². The standard InChI is InChI=1S/C10H13FN2O2S/c1-16-3-2-13-9-4-6(10(14)15)8(12)5-7(9)11/h4-5,13H,2-3,12H2,1H3,(H,14,15). The first-order valence-electron chi connectivity index (χ1n) is 4.61. The molecule has 1 aromatic carbocycles. The molecule has 16 heavy (non-hydrogen) atoms. The molecule has 0 unspecified atom stereocenters. The number of aromatic carboxylic acids is 1. The molecule has 1 aromatic rings. The highest BCUT2D eigenvalue weighted by Gasteiger charge is 2.12. The fraction of sp³-hybridized carbons (Fsp3) is 0.300. The molecule has 0 aliphatic rings. The molecule has 0 saturated heterocycles. The first-order valence-corrected chi connectivity index (χ1v) is 6.00. The topological polar surface area (TPSA) is 75.3 Å². The van der Waals surface area contributed by atoms with E-state index < -0.39 is 11.8 Å². The van der Waals surface area contributed by atoms with Gasteiger partial charge in [-0.2, -0.15) is 11.8 Å². The normalized spacial score (nSPS) is 10.1. The third-order valence-corrected chi connectivity index (χ3v) is 2.60. The molecule has 0 bridgehead atoms. The average molecular weight is 244 g/mol. The second-order valence-electron chi connectivity index (χ2n) is 3.14. The summed E-state index contributed by atoms with van der Waals surface area (Å²) in [4.78, 5) is 10.8. The minimum atomic E-state index is -1.16. The van der Waals surface area contributed by atoms with Crippen LogP contribution >= 0.6 is 11.8 Å². The largest absolute Gasteiger partial charge is 0.478 e. The number of hydrogen-bond donors (Lipinski definition) is 3. The fourth-order valence-corrected chi connectivity index (χ4v) is 1.50. The van der Waals surface area contributed by atoms with E-state index in [1.807, 2.05) is 6.26 Å². The summed E-state index contributed by atoms with van der Waals surface area (Å²) in [7, 11) is 0. The summed E-state index contributed by atoms with van der Waals surface area (Å²) in [5.74, 6) is -0.888. The van der Waals surface area contributed by atoms with Crippen LogP contribution in [0.2, 0.25) is 0 Å². The Kier molecular flexibility index (Phi) is 4.42. The average Bonchev–Trinajstić information content (AvgIpc) is 2.21. The maximum Gasteiger partial charge on any atom is 0.337 e. The number of nitrogens with two attached hydrogens (primary N) is 1. The number of hydrogen-bond acceptors (Lipinski definition) is 4. The van der Waals surface area contributed by atoms with Crippen molar-refractivity contribution in [1.29, 1.82) is 0 Å². The molecule has 1 rings (SSSR count). The van der Waals surface area contributed by atoms with Crippen molar-refractivity contribution in [3.63, 3.8) is 0 Å².